The highest BCUT2D eigenvalue weighted by Gasteiger charge is 2.35. The van der Waals surface area contributed by atoms with Gasteiger partial charge in [-0.2, -0.15) is 4.52 Å². The molecule has 1 atom stereocenters. The maximum Gasteiger partial charge on any atom is 0.235 e. The number of thiazole rings is 1. The molecule has 138 valence electrons. The molecule has 1 saturated heterocycles. The number of benzene rings is 1. The van der Waals surface area contributed by atoms with Gasteiger partial charge in [0.25, 0.3) is 0 Å². The van der Waals surface area contributed by atoms with Gasteiger partial charge in [-0.15, -0.1) is 5.10 Å². The number of hydrogen-bond donors (Lipinski definition) is 3. The number of aryl methyl sites for hydroxylation is 1. The first kappa shape index (κ1) is 17.7. The molecule has 0 saturated carbocycles. The molecule has 3 heterocycles. The van der Waals surface area contributed by atoms with E-state index in [1.165, 1.54) is 16.2 Å². The van der Waals surface area contributed by atoms with Crippen molar-refractivity contribution in [3.05, 3.63) is 45.6 Å². The Balaban J connectivity index is 1.77. The Kier molecular flexibility index (Phi) is 4.88. The summed E-state index contributed by atoms with van der Waals surface area (Å²) < 4.78 is 1.56. The fourth-order valence-electron chi connectivity index (χ4n) is 3.86. The Morgan fingerprint density at radius 3 is 2.73 bits per heavy atom. The molecule has 0 radical (unpaired) electrons. The lowest BCUT2D eigenvalue weighted by Crippen LogP contribution is -3.28. The van der Waals surface area contributed by atoms with Crippen molar-refractivity contribution in [1.29, 1.82) is 0 Å². The molecule has 0 bridgehead atoms. The highest BCUT2D eigenvalue weighted by molar-refractivity contribution is 7.17. The van der Waals surface area contributed by atoms with Crippen LogP contribution < -0.4 is 9.80 Å². The molecule has 1 aliphatic heterocycles. The number of hydrogen-bond acceptors (Lipinski definition) is 4. The van der Waals surface area contributed by atoms with E-state index < -0.39 is 0 Å². The number of likely N-dealkylation sites (N-methyl/N-ethyl adjacent to an activating group) is 1. The minimum absolute atomic E-state index is 0.0425. The SMILES string of the molecule is CC[NH+]1CC[NH+]([C@H](c2cccc(Cl)c2)c2sc3nc(C)nn3c2O)CC1. The van der Waals surface area contributed by atoms with E-state index in [1.807, 2.05) is 25.1 Å². The Labute approximate surface area is 161 Å². The maximum absolute atomic E-state index is 10.9. The van der Waals surface area contributed by atoms with Crippen molar-refractivity contribution in [1.82, 2.24) is 14.6 Å². The lowest BCUT2D eigenvalue weighted by Gasteiger charge is -2.34. The summed E-state index contributed by atoms with van der Waals surface area (Å²) in [5.74, 6) is 0.873. The molecule has 3 aromatic rings. The topological polar surface area (TPSA) is 59.3 Å². The van der Waals surface area contributed by atoms with Gasteiger partial charge in [0, 0.05) is 10.6 Å². The third kappa shape index (κ3) is 3.20. The van der Waals surface area contributed by atoms with Gasteiger partial charge in [0.2, 0.25) is 10.8 Å². The Morgan fingerprint density at radius 1 is 1.31 bits per heavy atom. The van der Waals surface area contributed by atoms with E-state index in [9.17, 15) is 5.11 Å². The molecule has 26 heavy (non-hydrogen) atoms. The number of aromatic hydroxyl groups is 1. The summed E-state index contributed by atoms with van der Waals surface area (Å²) in [6, 6.07) is 8.03. The summed E-state index contributed by atoms with van der Waals surface area (Å²) in [7, 11) is 0. The molecule has 0 unspecified atom stereocenters. The van der Waals surface area contributed by atoms with E-state index >= 15 is 0 Å². The van der Waals surface area contributed by atoms with E-state index in [1.54, 1.807) is 9.42 Å². The molecule has 2 aromatic heterocycles. The van der Waals surface area contributed by atoms with Crippen LogP contribution in [0, 0.1) is 6.92 Å². The van der Waals surface area contributed by atoms with Crippen molar-refractivity contribution in [3.8, 4) is 5.88 Å². The van der Waals surface area contributed by atoms with E-state index in [0.29, 0.717) is 5.82 Å². The van der Waals surface area contributed by atoms with Crippen molar-refractivity contribution in [2.24, 2.45) is 0 Å². The number of nitrogens with one attached hydrogen (secondary N) is 2. The predicted octanol–water partition coefficient (Wildman–Crippen LogP) is 0.351. The van der Waals surface area contributed by atoms with E-state index in [2.05, 4.69) is 23.1 Å². The van der Waals surface area contributed by atoms with Crippen molar-refractivity contribution < 1.29 is 14.9 Å². The zero-order chi connectivity index (χ0) is 18.3. The van der Waals surface area contributed by atoms with E-state index in [0.717, 1.165) is 53.1 Å². The molecule has 0 amide bonds. The van der Waals surface area contributed by atoms with E-state index in [-0.39, 0.29) is 11.9 Å². The van der Waals surface area contributed by atoms with Crippen LogP contribution in [-0.2, 0) is 0 Å². The third-order valence-corrected chi connectivity index (χ3v) is 6.58. The molecule has 8 heteroatoms. The van der Waals surface area contributed by atoms with E-state index in [4.69, 9.17) is 11.6 Å². The average molecular weight is 394 g/mol. The molecule has 1 aromatic carbocycles. The molecule has 6 nitrogen and oxygen atoms in total. The van der Waals surface area contributed by atoms with Gasteiger partial charge in [0.05, 0.1) is 6.54 Å². The molecule has 1 fully saturated rings. The summed E-state index contributed by atoms with van der Waals surface area (Å²) in [5, 5.41) is 15.9. The van der Waals surface area contributed by atoms with Crippen molar-refractivity contribution >= 4 is 27.9 Å². The van der Waals surface area contributed by atoms with Crippen LogP contribution in [0.15, 0.2) is 24.3 Å². The first-order chi connectivity index (χ1) is 12.6. The lowest BCUT2D eigenvalue weighted by molar-refractivity contribution is -1.02. The van der Waals surface area contributed by atoms with Crippen LogP contribution in [0.25, 0.3) is 4.96 Å². The maximum atomic E-state index is 10.9. The molecule has 3 N–H and O–H groups in total. The van der Waals surface area contributed by atoms with Gasteiger partial charge >= 0.3 is 0 Å². The van der Waals surface area contributed by atoms with Crippen LogP contribution in [0.1, 0.15) is 29.2 Å². The highest BCUT2D eigenvalue weighted by atomic mass is 35.5. The van der Waals surface area contributed by atoms with Crippen LogP contribution in [-0.4, -0.2) is 52.4 Å². The first-order valence-corrected chi connectivity index (χ1v) is 10.2. The van der Waals surface area contributed by atoms with Crippen molar-refractivity contribution in [3.63, 3.8) is 0 Å². The van der Waals surface area contributed by atoms with Crippen molar-refractivity contribution in [2.45, 2.75) is 19.9 Å². The standard InChI is InChI=1S/C18H22ClN5OS/c1-3-22-7-9-23(10-8-22)15(13-5-4-6-14(19)11-13)16-17(25)24-18(26-16)20-12(2)21-24/h4-6,11,15,25H,3,7-10H2,1-2H3/p+2/t15-/m1/s1. The fourth-order valence-corrected chi connectivity index (χ4v) is 5.25. The molecule has 1 aliphatic rings. The highest BCUT2D eigenvalue weighted by Crippen LogP contribution is 2.35. The minimum Gasteiger partial charge on any atom is -0.492 e. The minimum atomic E-state index is 0.0425. The molecule has 4 rings (SSSR count). The van der Waals surface area contributed by atoms with Crippen molar-refractivity contribution in [2.75, 3.05) is 32.7 Å². The zero-order valence-corrected chi connectivity index (χ0v) is 16.6. The second-order valence-electron chi connectivity index (χ2n) is 6.89. The van der Waals surface area contributed by atoms with Gasteiger partial charge in [0.1, 0.15) is 36.9 Å². The Bertz CT molecular complexity index is 916. The number of rotatable bonds is 4. The third-order valence-electron chi connectivity index (χ3n) is 5.26. The largest absolute Gasteiger partial charge is 0.492 e. The first-order valence-electron chi connectivity index (χ1n) is 9.05. The predicted molar refractivity (Wildman–Crippen MR) is 102 cm³/mol. The number of nitrogens with zero attached hydrogens (tertiary/aromatic N) is 3. The van der Waals surface area contributed by atoms with Gasteiger partial charge in [-0.05, 0) is 26.0 Å². The number of quaternary nitrogens is 2. The monoisotopic (exact) mass is 393 g/mol. The van der Waals surface area contributed by atoms with Crippen LogP contribution in [0.5, 0.6) is 5.88 Å². The smallest absolute Gasteiger partial charge is 0.235 e. The Morgan fingerprint density at radius 2 is 2.08 bits per heavy atom. The summed E-state index contributed by atoms with van der Waals surface area (Å²) in [5.41, 5.74) is 1.13. The van der Waals surface area contributed by atoms with Crippen LogP contribution in [0.3, 0.4) is 0 Å². The normalized spacial score (nSPS) is 22.0. The van der Waals surface area contributed by atoms with Crippen LogP contribution >= 0.6 is 22.9 Å². The lowest BCUT2D eigenvalue weighted by atomic mass is 10.0. The second-order valence-corrected chi connectivity index (χ2v) is 8.34. The summed E-state index contributed by atoms with van der Waals surface area (Å²) in [6.45, 7) is 9.65. The van der Waals surface area contributed by atoms with Gasteiger partial charge in [0.15, 0.2) is 6.04 Å². The van der Waals surface area contributed by atoms with Gasteiger partial charge in [-0.25, -0.2) is 4.98 Å². The average Bonchev–Trinajstić information content (AvgIpc) is 3.14. The summed E-state index contributed by atoms with van der Waals surface area (Å²) in [4.78, 5) is 9.18. The molecular formula is C18H24ClN5OS+2. The molecule has 0 spiro atoms. The Hall–Kier alpha value is -1.67. The summed E-state index contributed by atoms with van der Waals surface area (Å²) in [6.07, 6.45) is 0. The van der Waals surface area contributed by atoms with Crippen LogP contribution in [0.2, 0.25) is 5.02 Å². The fraction of sp³-hybridized carbons (Fsp3) is 0.444. The number of aromatic nitrogens is 3. The number of fused-ring (bicyclic) bond motifs is 1. The van der Waals surface area contributed by atoms with Gasteiger partial charge in [-0.1, -0.05) is 35.1 Å². The molecular weight excluding hydrogens is 370 g/mol. The molecule has 0 aliphatic carbocycles. The summed E-state index contributed by atoms with van der Waals surface area (Å²) >= 11 is 7.80. The van der Waals surface area contributed by atoms with Gasteiger partial charge < -0.3 is 14.9 Å². The quantitative estimate of drug-likeness (QED) is 0.599. The number of halogens is 1. The zero-order valence-electron chi connectivity index (χ0n) is 15.0. The number of piperazine rings is 1. The second kappa shape index (κ2) is 7.15. The van der Waals surface area contributed by atoms with Crippen LogP contribution in [0.4, 0.5) is 0 Å². The van der Waals surface area contributed by atoms with Gasteiger partial charge in [-0.3, -0.25) is 0 Å².